The van der Waals surface area contributed by atoms with Crippen molar-refractivity contribution in [3.05, 3.63) is 0 Å². The first-order valence-electron chi connectivity index (χ1n) is 3.47. The third kappa shape index (κ3) is 7.93. The van der Waals surface area contributed by atoms with Gasteiger partial charge in [0.15, 0.2) is 3.79 Å². The number of carbonyl (C=O) groups is 2. The summed E-state index contributed by atoms with van der Waals surface area (Å²) in [7, 11) is 1.91. The Labute approximate surface area is 80.3 Å². The van der Waals surface area contributed by atoms with Gasteiger partial charge in [0.25, 0.3) is 0 Å². The Morgan fingerprint density at radius 2 is 2.18 bits per heavy atom. The second-order valence-corrected chi connectivity index (χ2v) is 3.57. The zero-order chi connectivity index (χ0) is 8.69. The first-order valence-corrected chi connectivity index (χ1v) is 4.55. The lowest BCUT2D eigenvalue weighted by Gasteiger charge is -2.12. The van der Waals surface area contributed by atoms with Crippen LogP contribution in [0.2, 0.25) is 0 Å². The van der Waals surface area contributed by atoms with Crippen molar-refractivity contribution >= 4 is 32.7 Å². The molecule has 0 N–H and O–H groups in total. The molecular weight excluding hydrogens is 257 g/mol. The van der Waals surface area contributed by atoms with Gasteiger partial charge in [0.2, 0.25) is 0 Å². The zero-order valence-electron chi connectivity index (χ0n) is 6.55. The molecule has 0 aliphatic carbocycles. The van der Waals surface area contributed by atoms with E-state index in [9.17, 15) is 9.59 Å². The molecule has 0 aliphatic heterocycles. The molecule has 0 aliphatic rings. The number of rotatable bonds is 6. The number of halogens is 1. The first kappa shape index (κ1) is 11.0. The molecule has 64 valence electrons. The summed E-state index contributed by atoms with van der Waals surface area (Å²) in [5.74, 6) is 0. The molecule has 0 rings (SSSR count). The number of aldehydes is 1. The van der Waals surface area contributed by atoms with Crippen LogP contribution in [-0.2, 0) is 9.59 Å². The minimum absolute atomic E-state index is 0.167. The van der Waals surface area contributed by atoms with Gasteiger partial charge in [0, 0.05) is 25.9 Å². The highest BCUT2D eigenvalue weighted by Crippen LogP contribution is 1.95. The monoisotopic (exact) mass is 269 g/mol. The van der Waals surface area contributed by atoms with Gasteiger partial charge < -0.3 is 9.69 Å². The van der Waals surface area contributed by atoms with Crippen LogP contribution in [0.15, 0.2) is 0 Å². The minimum Gasteiger partial charge on any atom is -0.305 e. The highest BCUT2D eigenvalue weighted by atomic mass is 127. The van der Waals surface area contributed by atoms with Gasteiger partial charge in [-0.15, -0.1) is 0 Å². The Balaban J connectivity index is 3.28. The molecule has 0 bridgehead atoms. The van der Waals surface area contributed by atoms with Gasteiger partial charge >= 0.3 is 0 Å². The molecule has 0 unspecified atom stereocenters. The van der Waals surface area contributed by atoms with Crippen molar-refractivity contribution in [3.8, 4) is 0 Å². The fourth-order valence-corrected chi connectivity index (χ4v) is 0.905. The largest absolute Gasteiger partial charge is 0.305 e. The topological polar surface area (TPSA) is 37.4 Å². The average molecular weight is 269 g/mol. The molecule has 0 radical (unpaired) electrons. The summed E-state index contributed by atoms with van der Waals surface area (Å²) in [6.45, 7) is 1.49. The zero-order valence-corrected chi connectivity index (χ0v) is 8.70. The highest BCUT2D eigenvalue weighted by Gasteiger charge is 1.99. The fourth-order valence-electron chi connectivity index (χ4n) is 0.664. The molecule has 0 saturated carbocycles. The number of hydrogen-bond acceptors (Lipinski definition) is 3. The normalized spacial score (nSPS) is 10.1. The van der Waals surface area contributed by atoms with Crippen LogP contribution in [-0.4, -0.2) is 35.1 Å². The van der Waals surface area contributed by atoms with E-state index in [-0.39, 0.29) is 3.79 Å². The molecular formula is C7H12INO2. The second kappa shape index (κ2) is 6.72. The summed E-state index contributed by atoms with van der Waals surface area (Å²) in [6.07, 6.45) is 2.00. The quantitative estimate of drug-likeness (QED) is 0.407. The van der Waals surface area contributed by atoms with E-state index in [1.54, 1.807) is 22.6 Å². The molecule has 0 spiro atoms. The molecule has 0 atom stereocenters. The lowest BCUT2D eigenvalue weighted by atomic mass is 10.4. The van der Waals surface area contributed by atoms with Crippen LogP contribution in [0.5, 0.6) is 0 Å². The van der Waals surface area contributed by atoms with Crippen molar-refractivity contribution in [3.63, 3.8) is 0 Å². The standard InChI is InChI=1S/C7H12INO2/c1-9(4-2-6-10)5-3-7(8)11/h6H,2-5H2,1H3. The van der Waals surface area contributed by atoms with E-state index < -0.39 is 0 Å². The average Bonchev–Trinajstić information content (AvgIpc) is 1.97. The molecule has 0 aromatic carbocycles. The van der Waals surface area contributed by atoms with Crippen molar-refractivity contribution < 1.29 is 9.59 Å². The maximum atomic E-state index is 10.5. The van der Waals surface area contributed by atoms with Crippen molar-refractivity contribution in [2.24, 2.45) is 0 Å². The number of nitrogens with zero attached hydrogens (tertiary/aromatic N) is 1. The SMILES string of the molecule is CN(CCC=O)CCC(=O)I. The van der Waals surface area contributed by atoms with Gasteiger partial charge in [-0.1, -0.05) is 0 Å². The summed E-state index contributed by atoms with van der Waals surface area (Å²) >= 11 is 1.78. The molecule has 0 heterocycles. The summed E-state index contributed by atoms with van der Waals surface area (Å²) in [4.78, 5) is 22.4. The Hall–Kier alpha value is 0.0300. The Kier molecular flexibility index (Phi) is 6.74. The van der Waals surface area contributed by atoms with Crippen LogP contribution in [0.3, 0.4) is 0 Å². The van der Waals surface area contributed by atoms with E-state index in [0.29, 0.717) is 12.8 Å². The molecule has 11 heavy (non-hydrogen) atoms. The smallest absolute Gasteiger partial charge is 0.193 e. The third-order valence-corrected chi connectivity index (χ3v) is 1.86. The van der Waals surface area contributed by atoms with E-state index in [4.69, 9.17) is 0 Å². The lowest BCUT2D eigenvalue weighted by Crippen LogP contribution is -2.22. The van der Waals surface area contributed by atoms with Crippen LogP contribution in [0.4, 0.5) is 0 Å². The van der Waals surface area contributed by atoms with Crippen molar-refractivity contribution in [1.29, 1.82) is 0 Å². The Morgan fingerprint density at radius 3 is 2.64 bits per heavy atom. The van der Waals surface area contributed by atoms with E-state index in [2.05, 4.69) is 0 Å². The highest BCUT2D eigenvalue weighted by molar-refractivity contribution is 14.1. The van der Waals surface area contributed by atoms with E-state index in [1.165, 1.54) is 0 Å². The Bertz CT molecular complexity index is 138. The van der Waals surface area contributed by atoms with Crippen molar-refractivity contribution in [2.75, 3.05) is 20.1 Å². The van der Waals surface area contributed by atoms with Gasteiger partial charge in [-0.05, 0) is 29.6 Å². The fraction of sp³-hybridized carbons (Fsp3) is 0.714. The van der Waals surface area contributed by atoms with Gasteiger partial charge in [0.1, 0.15) is 6.29 Å². The van der Waals surface area contributed by atoms with Crippen LogP contribution >= 0.6 is 22.6 Å². The number of hydrogen-bond donors (Lipinski definition) is 0. The molecule has 4 heteroatoms. The van der Waals surface area contributed by atoms with Crippen LogP contribution in [0.1, 0.15) is 12.8 Å². The van der Waals surface area contributed by atoms with E-state index in [0.717, 1.165) is 19.4 Å². The molecule has 0 aromatic rings. The Morgan fingerprint density at radius 1 is 1.55 bits per heavy atom. The molecule has 0 saturated heterocycles. The van der Waals surface area contributed by atoms with E-state index >= 15 is 0 Å². The molecule has 3 nitrogen and oxygen atoms in total. The predicted octanol–water partition coefficient (Wildman–Crippen LogP) is 0.859. The lowest BCUT2D eigenvalue weighted by molar-refractivity contribution is -0.109. The van der Waals surface area contributed by atoms with Crippen LogP contribution in [0, 0.1) is 0 Å². The maximum Gasteiger partial charge on any atom is 0.193 e. The predicted molar refractivity (Wildman–Crippen MR) is 51.8 cm³/mol. The third-order valence-electron chi connectivity index (χ3n) is 1.32. The minimum atomic E-state index is 0.167. The van der Waals surface area contributed by atoms with Crippen molar-refractivity contribution in [2.45, 2.75) is 12.8 Å². The van der Waals surface area contributed by atoms with E-state index in [1.807, 2.05) is 11.9 Å². The van der Waals surface area contributed by atoms with Gasteiger partial charge in [-0.25, -0.2) is 0 Å². The summed E-state index contributed by atoms with van der Waals surface area (Å²) in [5, 5.41) is 0. The summed E-state index contributed by atoms with van der Waals surface area (Å²) in [6, 6.07) is 0. The van der Waals surface area contributed by atoms with Gasteiger partial charge in [0.05, 0.1) is 0 Å². The van der Waals surface area contributed by atoms with Gasteiger partial charge in [-0.2, -0.15) is 0 Å². The molecule has 0 amide bonds. The van der Waals surface area contributed by atoms with Crippen LogP contribution in [0.25, 0.3) is 0 Å². The van der Waals surface area contributed by atoms with Crippen molar-refractivity contribution in [1.82, 2.24) is 4.90 Å². The first-order chi connectivity index (χ1) is 5.16. The molecule has 0 fully saturated rings. The number of carbonyl (C=O) groups excluding carboxylic acids is 2. The summed E-state index contributed by atoms with van der Waals surface area (Å²) < 4.78 is 0.167. The molecule has 0 aromatic heterocycles. The second-order valence-electron chi connectivity index (χ2n) is 2.36. The maximum absolute atomic E-state index is 10.5. The summed E-state index contributed by atoms with van der Waals surface area (Å²) in [5.41, 5.74) is 0. The van der Waals surface area contributed by atoms with Crippen LogP contribution < -0.4 is 0 Å². The van der Waals surface area contributed by atoms with Gasteiger partial charge in [-0.3, -0.25) is 4.79 Å².